The maximum Gasteiger partial charge on any atom is 0.257 e. The van der Waals surface area contributed by atoms with Crippen LogP contribution in [-0.4, -0.2) is 50.2 Å². The molecule has 154 valence electrons. The number of aromatic nitrogens is 2. The van der Waals surface area contributed by atoms with Crippen molar-refractivity contribution in [1.82, 2.24) is 9.97 Å². The molecule has 1 aromatic heterocycles. The van der Waals surface area contributed by atoms with Gasteiger partial charge >= 0.3 is 0 Å². The highest BCUT2D eigenvalue weighted by Gasteiger charge is 2.46. The van der Waals surface area contributed by atoms with Crippen LogP contribution in [-0.2, 0) is 11.8 Å². The van der Waals surface area contributed by atoms with Crippen LogP contribution in [0.3, 0.4) is 0 Å². The van der Waals surface area contributed by atoms with Crippen LogP contribution < -0.4 is 20.3 Å². The van der Waals surface area contributed by atoms with Gasteiger partial charge in [-0.15, -0.1) is 0 Å². The topological polar surface area (TPSA) is 55.5 Å². The van der Waals surface area contributed by atoms with E-state index in [1.807, 2.05) is 23.9 Å². The van der Waals surface area contributed by atoms with Crippen LogP contribution in [0.25, 0.3) is 0 Å². The number of hydrogen-bond acceptors (Lipinski definition) is 5. The fraction of sp³-hybridized carbons (Fsp3) is 0.524. The standard InChI is InChI=1S/C21H25F2N5O/c1-26-7-3-4-14-18(26)24-20(25-19(14)29)28-8-5-21(6-9-28)12-27(2)16-11-13(22)10-15(23)17(16)21/h10-11H,3-9,12H2,1-2H3,(H,24,25,29). The van der Waals surface area contributed by atoms with Gasteiger partial charge < -0.3 is 14.7 Å². The largest absolute Gasteiger partial charge is 0.373 e. The molecule has 4 heterocycles. The van der Waals surface area contributed by atoms with Gasteiger partial charge in [-0.05, 0) is 31.7 Å². The number of fused-ring (bicyclic) bond motifs is 3. The molecule has 3 aliphatic rings. The summed E-state index contributed by atoms with van der Waals surface area (Å²) in [6.07, 6.45) is 3.16. The van der Waals surface area contributed by atoms with Crippen molar-refractivity contribution >= 4 is 17.5 Å². The van der Waals surface area contributed by atoms with Gasteiger partial charge in [0.2, 0.25) is 5.95 Å². The summed E-state index contributed by atoms with van der Waals surface area (Å²) in [6, 6.07) is 2.42. The van der Waals surface area contributed by atoms with E-state index >= 15 is 0 Å². The monoisotopic (exact) mass is 401 g/mol. The molecule has 0 saturated carbocycles. The molecular formula is C21H25F2N5O. The zero-order valence-electron chi connectivity index (χ0n) is 16.8. The molecule has 0 atom stereocenters. The number of halogens is 2. The third-order valence-corrected chi connectivity index (χ3v) is 6.80. The van der Waals surface area contributed by atoms with E-state index in [4.69, 9.17) is 4.98 Å². The molecule has 1 saturated heterocycles. The number of nitrogens with one attached hydrogen (secondary N) is 1. The molecule has 1 N–H and O–H groups in total. The average Bonchev–Trinajstić information content (AvgIpc) is 2.94. The zero-order chi connectivity index (χ0) is 20.3. The minimum Gasteiger partial charge on any atom is -0.373 e. The predicted octanol–water partition coefficient (Wildman–Crippen LogP) is 2.42. The van der Waals surface area contributed by atoms with Crippen LogP contribution in [0.4, 0.5) is 26.2 Å². The second kappa shape index (κ2) is 6.43. The molecule has 29 heavy (non-hydrogen) atoms. The number of piperidine rings is 1. The van der Waals surface area contributed by atoms with E-state index in [0.717, 1.165) is 49.7 Å². The number of aromatic amines is 1. The molecule has 0 unspecified atom stereocenters. The average molecular weight is 401 g/mol. The molecule has 0 aliphatic carbocycles. The number of hydrogen-bond donors (Lipinski definition) is 1. The van der Waals surface area contributed by atoms with Crippen molar-refractivity contribution in [3.8, 4) is 0 Å². The van der Waals surface area contributed by atoms with E-state index in [-0.39, 0.29) is 11.0 Å². The minimum absolute atomic E-state index is 0.0655. The Morgan fingerprint density at radius 3 is 2.62 bits per heavy atom. The number of nitrogens with zero attached hydrogens (tertiary/aromatic N) is 4. The van der Waals surface area contributed by atoms with Crippen LogP contribution in [0.1, 0.15) is 30.4 Å². The quantitative estimate of drug-likeness (QED) is 0.796. The second-order valence-corrected chi connectivity index (χ2v) is 8.62. The lowest BCUT2D eigenvalue weighted by molar-refractivity contribution is 0.340. The first-order valence-corrected chi connectivity index (χ1v) is 10.2. The van der Waals surface area contributed by atoms with E-state index in [1.165, 1.54) is 6.07 Å². The molecule has 1 fully saturated rings. The molecule has 5 rings (SSSR count). The summed E-state index contributed by atoms with van der Waals surface area (Å²) in [5.41, 5.74) is 1.64. The van der Waals surface area contributed by atoms with Crippen molar-refractivity contribution in [2.24, 2.45) is 0 Å². The van der Waals surface area contributed by atoms with Gasteiger partial charge in [0.15, 0.2) is 0 Å². The highest BCUT2D eigenvalue weighted by atomic mass is 19.1. The molecule has 1 spiro atoms. The van der Waals surface area contributed by atoms with Crippen molar-refractivity contribution in [3.63, 3.8) is 0 Å². The number of likely N-dealkylation sites (N-methyl/N-ethyl adjacent to an activating group) is 1. The molecule has 8 heteroatoms. The van der Waals surface area contributed by atoms with Crippen molar-refractivity contribution in [2.45, 2.75) is 31.1 Å². The summed E-state index contributed by atoms with van der Waals surface area (Å²) in [5.74, 6) is 0.355. The fourth-order valence-corrected chi connectivity index (χ4v) is 5.32. The SMILES string of the molecule is CN1CC2(CCN(c3nc4c(c(=O)[nH]3)CCCN4C)CC2)c2c(F)cc(F)cc21. The van der Waals surface area contributed by atoms with Gasteiger partial charge in [-0.3, -0.25) is 9.78 Å². The van der Waals surface area contributed by atoms with E-state index < -0.39 is 11.6 Å². The van der Waals surface area contributed by atoms with Crippen LogP contribution in [0.5, 0.6) is 0 Å². The number of rotatable bonds is 1. The van der Waals surface area contributed by atoms with Gasteiger partial charge in [0.1, 0.15) is 17.5 Å². The minimum atomic E-state index is -0.539. The maximum atomic E-state index is 14.7. The zero-order valence-corrected chi connectivity index (χ0v) is 16.8. The molecule has 3 aliphatic heterocycles. The normalized spacial score (nSPS) is 20.2. The summed E-state index contributed by atoms with van der Waals surface area (Å²) >= 11 is 0. The summed E-state index contributed by atoms with van der Waals surface area (Å²) in [7, 11) is 3.85. The number of benzene rings is 1. The van der Waals surface area contributed by atoms with Gasteiger partial charge in [0, 0.05) is 63.0 Å². The Morgan fingerprint density at radius 2 is 1.86 bits per heavy atom. The van der Waals surface area contributed by atoms with Gasteiger partial charge in [0.25, 0.3) is 5.56 Å². The summed E-state index contributed by atoms with van der Waals surface area (Å²) in [4.78, 5) is 26.3. The molecule has 1 aromatic carbocycles. The lowest BCUT2D eigenvalue weighted by atomic mass is 9.74. The fourth-order valence-electron chi connectivity index (χ4n) is 5.32. The summed E-state index contributed by atoms with van der Waals surface area (Å²) < 4.78 is 28.4. The Kier molecular flexibility index (Phi) is 4.08. The second-order valence-electron chi connectivity index (χ2n) is 8.62. The van der Waals surface area contributed by atoms with Gasteiger partial charge in [-0.1, -0.05) is 0 Å². The van der Waals surface area contributed by atoms with Gasteiger partial charge in [0.05, 0.1) is 5.56 Å². The first-order chi connectivity index (χ1) is 13.9. The van der Waals surface area contributed by atoms with E-state index in [9.17, 15) is 13.6 Å². The smallest absolute Gasteiger partial charge is 0.257 e. The molecule has 0 radical (unpaired) electrons. The third kappa shape index (κ3) is 2.80. The van der Waals surface area contributed by atoms with Crippen LogP contribution in [0.15, 0.2) is 16.9 Å². The van der Waals surface area contributed by atoms with Gasteiger partial charge in [-0.2, -0.15) is 4.98 Å². The Bertz CT molecular complexity index is 1030. The van der Waals surface area contributed by atoms with Crippen molar-refractivity contribution in [1.29, 1.82) is 0 Å². The van der Waals surface area contributed by atoms with Crippen LogP contribution in [0, 0.1) is 11.6 Å². The highest BCUT2D eigenvalue weighted by molar-refractivity contribution is 5.63. The lowest BCUT2D eigenvalue weighted by Crippen LogP contribution is -2.46. The molecule has 0 bridgehead atoms. The van der Waals surface area contributed by atoms with E-state index in [2.05, 4.69) is 9.88 Å². The number of anilines is 3. The molecule has 6 nitrogen and oxygen atoms in total. The first kappa shape index (κ1) is 18.4. The Labute approximate surface area is 168 Å². The molecule has 2 aromatic rings. The van der Waals surface area contributed by atoms with Gasteiger partial charge in [-0.25, -0.2) is 8.78 Å². The Balaban J connectivity index is 1.43. The highest BCUT2D eigenvalue weighted by Crippen LogP contribution is 2.48. The predicted molar refractivity (Wildman–Crippen MR) is 109 cm³/mol. The van der Waals surface area contributed by atoms with E-state index in [0.29, 0.717) is 36.8 Å². The molecule has 0 amide bonds. The van der Waals surface area contributed by atoms with Crippen LogP contribution in [0.2, 0.25) is 0 Å². The number of H-pyrrole nitrogens is 1. The third-order valence-electron chi connectivity index (χ3n) is 6.80. The van der Waals surface area contributed by atoms with Crippen molar-refractivity contribution in [3.05, 3.63) is 45.2 Å². The first-order valence-electron chi connectivity index (χ1n) is 10.2. The molecular weight excluding hydrogens is 376 g/mol. The van der Waals surface area contributed by atoms with Crippen LogP contribution >= 0.6 is 0 Å². The van der Waals surface area contributed by atoms with E-state index in [1.54, 1.807) is 0 Å². The van der Waals surface area contributed by atoms with Crippen molar-refractivity contribution < 1.29 is 8.78 Å². The lowest BCUT2D eigenvalue weighted by Gasteiger charge is -2.40. The summed E-state index contributed by atoms with van der Waals surface area (Å²) in [6.45, 7) is 2.89. The summed E-state index contributed by atoms with van der Waals surface area (Å²) in [5, 5.41) is 0. The maximum absolute atomic E-state index is 14.7. The Morgan fingerprint density at radius 1 is 1.10 bits per heavy atom. The Hall–Kier alpha value is -2.64. The van der Waals surface area contributed by atoms with Crippen molar-refractivity contribution in [2.75, 3.05) is 55.0 Å².